The molecule has 0 saturated heterocycles. The fourth-order valence-electron chi connectivity index (χ4n) is 2.05. The maximum absolute atomic E-state index is 12.2. The number of phenolic OH excluding ortho intramolecular Hbond substituents is 1. The standard InChI is InChI=1S/C17H17N3O4S/c1-12-3-8-15(16(21)11-12)20-17(22)13-4-6-14(7-5-13)25(23,24)19-10-2-9-18/h3-8,11,19,21H,2,10H2,1H3,(H,20,22). The summed E-state index contributed by atoms with van der Waals surface area (Å²) in [7, 11) is -3.72. The number of aryl methyl sites for hydroxylation is 1. The van der Waals surface area contributed by atoms with Gasteiger partial charge in [-0.25, -0.2) is 13.1 Å². The lowest BCUT2D eigenvalue weighted by Gasteiger charge is -2.09. The number of amides is 1. The van der Waals surface area contributed by atoms with Crippen LogP contribution < -0.4 is 10.0 Å². The van der Waals surface area contributed by atoms with E-state index in [2.05, 4.69) is 10.0 Å². The van der Waals surface area contributed by atoms with Crippen LogP contribution in [0.3, 0.4) is 0 Å². The molecule has 0 radical (unpaired) electrons. The van der Waals surface area contributed by atoms with E-state index in [1.165, 1.54) is 30.3 Å². The van der Waals surface area contributed by atoms with Crippen molar-refractivity contribution in [3.05, 3.63) is 53.6 Å². The first-order valence-electron chi connectivity index (χ1n) is 7.41. The number of phenols is 1. The van der Waals surface area contributed by atoms with Gasteiger partial charge < -0.3 is 10.4 Å². The average molecular weight is 359 g/mol. The van der Waals surface area contributed by atoms with Gasteiger partial charge in [0.2, 0.25) is 10.0 Å². The molecule has 7 nitrogen and oxygen atoms in total. The van der Waals surface area contributed by atoms with Crippen LogP contribution in [0.5, 0.6) is 5.75 Å². The molecule has 0 aromatic heterocycles. The van der Waals surface area contributed by atoms with E-state index in [0.29, 0.717) is 0 Å². The SMILES string of the molecule is Cc1ccc(NC(=O)c2ccc(S(=O)(=O)NCCC#N)cc2)c(O)c1. The van der Waals surface area contributed by atoms with Gasteiger partial charge in [0.25, 0.3) is 5.91 Å². The maximum atomic E-state index is 12.2. The Morgan fingerprint density at radius 3 is 2.48 bits per heavy atom. The first kappa shape index (κ1) is 18.4. The van der Waals surface area contributed by atoms with E-state index < -0.39 is 15.9 Å². The number of sulfonamides is 1. The van der Waals surface area contributed by atoms with E-state index in [1.807, 2.05) is 13.0 Å². The summed E-state index contributed by atoms with van der Waals surface area (Å²) in [4.78, 5) is 12.2. The van der Waals surface area contributed by atoms with E-state index in [1.54, 1.807) is 12.1 Å². The largest absolute Gasteiger partial charge is 0.506 e. The highest BCUT2D eigenvalue weighted by Crippen LogP contribution is 2.24. The molecule has 2 aromatic carbocycles. The summed E-state index contributed by atoms with van der Waals surface area (Å²) < 4.78 is 26.3. The highest BCUT2D eigenvalue weighted by Gasteiger charge is 2.15. The molecule has 0 saturated carbocycles. The summed E-state index contributed by atoms with van der Waals surface area (Å²) in [5.41, 5.74) is 1.37. The number of nitrogens with one attached hydrogen (secondary N) is 2. The molecule has 0 fully saturated rings. The van der Waals surface area contributed by atoms with Gasteiger partial charge in [-0.1, -0.05) is 6.07 Å². The van der Waals surface area contributed by atoms with Crippen molar-refractivity contribution in [1.82, 2.24) is 4.72 Å². The summed E-state index contributed by atoms with van der Waals surface area (Å²) in [6.07, 6.45) is 0.0692. The number of carbonyl (C=O) groups is 1. The lowest BCUT2D eigenvalue weighted by molar-refractivity contribution is 0.102. The predicted octanol–water partition coefficient (Wildman–Crippen LogP) is 2.14. The minimum absolute atomic E-state index is 0.000160. The monoisotopic (exact) mass is 359 g/mol. The lowest BCUT2D eigenvalue weighted by Crippen LogP contribution is -2.24. The molecule has 0 bridgehead atoms. The Morgan fingerprint density at radius 1 is 1.20 bits per heavy atom. The first-order chi connectivity index (χ1) is 11.8. The maximum Gasteiger partial charge on any atom is 0.255 e. The van der Waals surface area contributed by atoms with Crippen LogP contribution in [-0.4, -0.2) is 26.0 Å². The van der Waals surface area contributed by atoms with Crippen molar-refractivity contribution in [3.8, 4) is 11.8 Å². The number of carbonyl (C=O) groups excluding carboxylic acids is 1. The van der Waals surface area contributed by atoms with Gasteiger partial charge >= 0.3 is 0 Å². The van der Waals surface area contributed by atoms with E-state index in [9.17, 15) is 18.3 Å². The Bertz CT molecular complexity index is 916. The zero-order chi connectivity index (χ0) is 18.4. The molecule has 0 aliphatic heterocycles. The molecule has 0 aliphatic carbocycles. The fraction of sp³-hybridized carbons (Fsp3) is 0.176. The van der Waals surface area contributed by atoms with Crippen LogP contribution >= 0.6 is 0 Å². The van der Waals surface area contributed by atoms with Crippen LogP contribution in [-0.2, 0) is 10.0 Å². The van der Waals surface area contributed by atoms with E-state index >= 15 is 0 Å². The number of nitriles is 1. The summed E-state index contributed by atoms with van der Waals surface area (Å²) in [5.74, 6) is -0.519. The van der Waals surface area contributed by atoms with Gasteiger partial charge in [0.15, 0.2) is 0 Å². The minimum atomic E-state index is -3.72. The third kappa shape index (κ3) is 4.79. The smallest absolute Gasteiger partial charge is 0.255 e. The van der Waals surface area contributed by atoms with Gasteiger partial charge in [-0.05, 0) is 48.9 Å². The molecule has 25 heavy (non-hydrogen) atoms. The molecule has 0 unspecified atom stereocenters. The van der Waals surface area contributed by atoms with Gasteiger partial charge in [-0.3, -0.25) is 4.79 Å². The minimum Gasteiger partial charge on any atom is -0.506 e. The number of aromatic hydroxyl groups is 1. The quantitative estimate of drug-likeness (QED) is 0.539. The van der Waals surface area contributed by atoms with Crippen LogP contribution in [0, 0.1) is 18.3 Å². The Hall–Kier alpha value is -2.89. The van der Waals surface area contributed by atoms with Crippen molar-refractivity contribution < 1.29 is 18.3 Å². The van der Waals surface area contributed by atoms with Crippen LogP contribution in [0.15, 0.2) is 47.4 Å². The number of anilines is 1. The van der Waals surface area contributed by atoms with Crippen molar-refractivity contribution in [3.63, 3.8) is 0 Å². The molecule has 0 atom stereocenters. The number of rotatable bonds is 6. The Kier molecular flexibility index (Phi) is 5.75. The number of nitrogens with zero attached hydrogens (tertiary/aromatic N) is 1. The second-order valence-electron chi connectivity index (χ2n) is 5.30. The van der Waals surface area contributed by atoms with E-state index in [0.717, 1.165) is 5.56 Å². The summed E-state index contributed by atoms with van der Waals surface area (Å²) in [6, 6.07) is 12.1. The molecule has 1 amide bonds. The average Bonchev–Trinajstić information content (AvgIpc) is 2.57. The van der Waals surface area contributed by atoms with Gasteiger partial charge in [0.1, 0.15) is 5.75 Å². The van der Waals surface area contributed by atoms with Crippen LogP contribution in [0.25, 0.3) is 0 Å². The molecule has 8 heteroatoms. The van der Waals surface area contributed by atoms with Crippen molar-refractivity contribution in [1.29, 1.82) is 5.26 Å². The Balaban J connectivity index is 2.11. The molecule has 3 N–H and O–H groups in total. The van der Waals surface area contributed by atoms with Crippen LogP contribution in [0.4, 0.5) is 5.69 Å². The second-order valence-corrected chi connectivity index (χ2v) is 7.07. The number of hydrogen-bond donors (Lipinski definition) is 3. The van der Waals surface area contributed by atoms with Crippen molar-refractivity contribution in [2.45, 2.75) is 18.2 Å². The summed E-state index contributed by atoms with van der Waals surface area (Å²) in [5, 5.41) is 20.8. The Morgan fingerprint density at radius 2 is 1.88 bits per heavy atom. The fourth-order valence-corrected chi connectivity index (χ4v) is 3.08. The van der Waals surface area contributed by atoms with E-state index in [4.69, 9.17) is 5.26 Å². The summed E-state index contributed by atoms with van der Waals surface area (Å²) in [6.45, 7) is 1.84. The first-order valence-corrected chi connectivity index (χ1v) is 8.89. The van der Waals surface area contributed by atoms with Crippen molar-refractivity contribution >= 4 is 21.6 Å². The molecule has 2 rings (SSSR count). The topological polar surface area (TPSA) is 119 Å². The third-order valence-corrected chi connectivity index (χ3v) is 4.83. The zero-order valence-corrected chi connectivity index (χ0v) is 14.3. The third-order valence-electron chi connectivity index (χ3n) is 3.36. The predicted molar refractivity (Wildman–Crippen MR) is 92.7 cm³/mol. The normalized spacial score (nSPS) is 10.9. The molecule has 2 aromatic rings. The van der Waals surface area contributed by atoms with Crippen molar-refractivity contribution in [2.24, 2.45) is 0 Å². The van der Waals surface area contributed by atoms with Crippen LogP contribution in [0.1, 0.15) is 22.3 Å². The van der Waals surface area contributed by atoms with Gasteiger partial charge in [-0.2, -0.15) is 5.26 Å². The van der Waals surface area contributed by atoms with Gasteiger partial charge in [0.05, 0.1) is 16.7 Å². The number of benzene rings is 2. The van der Waals surface area contributed by atoms with Crippen molar-refractivity contribution in [2.75, 3.05) is 11.9 Å². The zero-order valence-electron chi connectivity index (χ0n) is 13.5. The van der Waals surface area contributed by atoms with Crippen LogP contribution in [0.2, 0.25) is 0 Å². The highest BCUT2D eigenvalue weighted by atomic mass is 32.2. The Labute approximate surface area is 146 Å². The highest BCUT2D eigenvalue weighted by molar-refractivity contribution is 7.89. The molecular weight excluding hydrogens is 342 g/mol. The molecular formula is C17H17N3O4S. The molecule has 0 spiro atoms. The van der Waals surface area contributed by atoms with Gasteiger partial charge in [-0.15, -0.1) is 0 Å². The molecule has 0 aliphatic rings. The second kappa shape index (κ2) is 7.79. The van der Waals surface area contributed by atoms with Gasteiger partial charge in [0, 0.05) is 18.5 Å². The lowest BCUT2D eigenvalue weighted by atomic mass is 10.2. The molecule has 0 heterocycles. The van der Waals surface area contributed by atoms with E-state index in [-0.39, 0.29) is 34.9 Å². The molecule has 130 valence electrons. The number of hydrogen-bond acceptors (Lipinski definition) is 5. The summed E-state index contributed by atoms with van der Waals surface area (Å²) >= 11 is 0.